The Bertz CT molecular complexity index is 1720. The predicted octanol–water partition coefficient (Wildman–Crippen LogP) is 7.00. The molecule has 1 aromatic heterocycles. The highest BCUT2D eigenvalue weighted by Crippen LogP contribution is 2.43. The number of hydrazine groups is 1. The van der Waals surface area contributed by atoms with Gasteiger partial charge in [-0.2, -0.15) is 0 Å². The number of fused-ring (bicyclic) bond motifs is 3. The topological polar surface area (TPSA) is 79.6 Å². The van der Waals surface area contributed by atoms with E-state index in [2.05, 4.69) is 68.7 Å². The molecule has 6 rings (SSSR count). The van der Waals surface area contributed by atoms with Crippen molar-refractivity contribution in [2.24, 2.45) is 4.99 Å². The van der Waals surface area contributed by atoms with Crippen LogP contribution >= 0.6 is 24.0 Å². The number of nitrogens with one attached hydrogen (secondary N) is 2. The SMILES string of the molecule is Cc1ccc2c(c1)N1C(=CC2C)CSC1=NC(=S)CNNc1ccc(-c2ncn(-c3ccc(OC(F)(F)F)cc3)n2)cc1. The molecule has 2 aliphatic rings. The maximum Gasteiger partial charge on any atom is 0.573 e. The maximum absolute atomic E-state index is 12.4. The summed E-state index contributed by atoms with van der Waals surface area (Å²) in [6, 6.07) is 19.4. The summed E-state index contributed by atoms with van der Waals surface area (Å²) < 4.78 is 42.6. The second-order valence-electron chi connectivity index (χ2n) is 10.0. The molecular weight excluding hydrogens is 596 g/mol. The zero-order valence-electron chi connectivity index (χ0n) is 23.1. The first-order chi connectivity index (χ1) is 20.6. The fourth-order valence-electron chi connectivity index (χ4n) is 4.85. The van der Waals surface area contributed by atoms with E-state index in [1.54, 1.807) is 11.8 Å². The van der Waals surface area contributed by atoms with Crippen LogP contribution in [0.4, 0.5) is 24.5 Å². The van der Waals surface area contributed by atoms with Gasteiger partial charge in [0.2, 0.25) is 0 Å². The third-order valence-electron chi connectivity index (χ3n) is 6.85. The minimum absolute atomic E-state index is 0.303. The molecule has 2 aliphatic heterocycles. The number of hydrogen-bond acceptors (Lipinski definition) is 7. The molecule has 0 bridgehead atoms. The van der Waals surface area contributed by atoms with E-state index in [0.29, 0.717) is 29.0 Å². The van der Waals surface area contributed by atoms with Crippen molar-refractivity contribution in [1.82, 2.24) is 20.2 Å². The van der Waals surface area contributed by atoms with E-state index < -0.39 is 6.36 Å². The third kappa shape index (κ3) is 6.58. The number of aromatic nitrogens is 3. The summed E-state index contributed by atoms with van der Waals surface area (Å²) in [6.07, 6.45) is -0.945. The van der Waals surface area contributed by atoms with Gasteiger partial charge in [-0.25, -0.2) is 20.1 Å². The second-order valence-corrected chi connectivity index (χ2v) is 11.4. The van der Waals surface area contributed by atoms with Crippen LogP contribution in [0.3, 0.4) is 0 Å². The lowest BCUT2D eigenvalue weighted by atomic mass is 9.93. The lowest BCUT2D eigenvalue weighted by Gasteiger charge is -2.30. The number of nitrogens with zero attached hydrogens (tertiary/aromatic N) is 5. The van der Waals surface area contributed by atoms with E-state index in [4.69, 9.17) is 17.2 Å². The molecule has 1 unspecified atom stereocenters. The van der Waals surface area contributed by atoms with E-state index in [9.17, 15) is 13.2 Å². The normalized spacial score (nSPS) is 17.0. The summed E-state index contributed by atoms with van der Waals surface area (Å²) in [5, 5.41) is 5.32. The quantitative estimate of drug-likeness (QED) is 0.169. The number of hydrogen-bond donors (Lipinski definition) is 2. The van der Waals surface area contributed by atoms with Gasteiger partial charge < -0.3 is 10.2 Å². The van der Waals surface area contributed by atoms with Crippen molar-refractivity contribution < 1.29 is 17.9 Å². The molecule has 220 valence electrons. The van der Waals surface area contributed by atoms with Crippen LogP contribution in [0.1, 0.15) is 24.0 Å². The Labute approximate surface area is 255 Å². The maximum atomic E-state index is 12.4. The first-order valence-electron chi connectivity index (χ1n) is 13.4. The molecular formula is C30H26F3N7OS2. The number of thioether (sulfide) groups is 1. The van der Waals surface area contributed by atoms with Crippen LogP contribution in [0.15, 0.2) is 89.8 Å². The van der Waals surface area contributed by atoms with Crippen LogP contribution in [0.25, 0.3) is 17.1 Å². The molecule has 13 heteroatoms. The minimum Gasteiger partial charge on any atom is -0.406 e. The highest BCUT2D eigenvalue weighted by molar-refractivity contribution is 8.14. The molecule has 0 saturated carbocycles. The Morgan fingerprint density at radius 2 is 1.88 bits per heavy atom. The summed E-state index contributed by atoms with van der Waals surface area (Å²) in [7, 11) is 0. The number of aryl methyl sites for hydroxylation is 1. The number of amidine groups is 1. The van der Waals surface area contributed by atoms with Gasteiger partial charge >= 0.3 is 6.36 Å². The van der Waals surface area contributed by atoms with Crippen LogP contribution in [0, 0.1) is 6.92 Å². The zero-order chi connectivity index (χ0) is 30.1. The Morgan fingerprint density at radius 1 is 1.12 bits per heavy atom. The number of thiocarbonyl (C=S) groups is 1. The molecule has 0 radical (unpaired) electrons. The standard InChI is InChI=1S/C30H26F3N7OS2/c1-18-3-12-25-19(2)14-23-16-43-29(40(23)26(25)13-18)36-27(42)15-35-37-21-6-4-20(5-7-21)28-34-17-39(38-28)22-8-10-24(11-9-22)41-30(31,32)33/h3-14,17,19,35,37H,15-16H2,1-2H3. The van der Waals surface area contributed by atoms with Gasteiger partial charge in [-0.15, -0.1) is 18.3 Å². The number of rotatable bonds is 7. The van der Waals surface area contributed by atoms with Crippen LogP contribution in [0.5, 0.6) is 5.75 Å². The van der Waals surface area contributed by atoms with Crippen LogP contribution in [-0.2, 0) is 0 Å². The van der Waals surface area contributed by atoms with Crippen LogP contribution < -0.4 is 20.5 Å². The highest BCUT2D eigenvalue weighted by atomic mass is 32.2. The molecule has 1 fully saturated rings. The molecule has 3 heterocycles. The summed E-state index contributed by atoms with van der Waals surface area (Å²) in [6.45, 7) is 4.68. The van der Waals surface area contributed by atoms with Crippen molar-refractivity contribution in [1.29, 1.82) is 0 Å². The summed E-state index contributed by atoms with van der Waals surface area (Å²) in [5.74, 6) is 1.40. The third-order valence-corrected chi connectivity index (χ3v) is 8.06. The van der Waals surface area contributed by atoms with E-state index in [-0.39, 0.29) is 5.75 Å². The summed E-state index contributed by atoms with van der Waals surface area (Å²) in [5.41, 5.74) is 13.3. The highest BCUT2D eigenvalue weighted by Gasteiger charge is 2.33. The monoisotopic (exact) mass is 621 g/mol. The average molecular weight is 622 g/mol. The molecule has 4 aromatic rings. The molecule has 1 atom stereocenters. The fraction of sp³-hybridized carbons (Fsp3) is 0.200. The van der Waals surface area contributed by atoms with Crippen molar-refractivity contribution in [2.75, 3.05) is 22.6 Å². The molecule has 8 nitrogen and oxygen atoms in total. The van der Waals surface area contributed by atoms with E-state index in [0.717, 1.165) is 22.2 Å². The largest absolute Gasteiger partial charge is 0.573 e. The number of anilines is 2. The van der Waals surface area contributed by atoms with Gasteiger partial charge in [0.15, 0.2) is 11.0 Å². The molecule has 0 spiro atoms. The second kappa shape index (κ2) is 11.8. The number of benzene rings is 3. The molecule has 3 aromatic carbocycles. The molecule has 0 amide bonds. The zero-order valence-corrected chi connectivity index (χ0v) is 24.7. The van der Waals surface area contributed by atoms with Crippen molar-refractivity contribution in [2.45, 2.75) is 26.1 Å². The lowest BCUT2D eigenvalue weighted by molar-refractivity contribution is -0.274. The number of alkyl halides is 3. The Morgan fingerprint density at radius 3 is 2.63 bits per heavy atom. The van der Waals surface area contributed by atoms with Gasteiger partial charge in [-0.3, -0.25) is 4.90 Å². The molecule has 43 heavy (non-hydrogen) atoms. The van der Waals surface area contributed by atoms with E-state index in [1.807, 2.05) is 24.3 Å². The van der Waals surface area contributed by atoms with Crippen molar-refractivity contribution in [3.63, 3.8) is 0 Å². The van der Waals surface area contributed by atoms with Gasteiger partial charge in [0.25, 0.3) is 0 Å². The average Bonchev–Trinajstić information content (AvgIpc) is 3.61. The van der Waals surface area contributed by atoms with Gasteiger partial charge in [0.05, 0.1) is 17.9 Å². The number of ether oxygens (including phenoxy) is 1. The smallest absolute Gasteiger partial charge is 0.406 e. The molecule has 1 saturated heterocycles. The minimum atomic E-state index is -4.74. The van der Waals surface area contributed by atoms with E-state index >= 15 is 0 Å². The summed E-state index contributed by atoms with van der Waals surface area (Å²) >= 11 is 7.27. The van der Waals surface area contributed by atoms with Gasteiger partial charge in [0, 0.05) is 28.6 Å². The first kappa shape index (κ1) is 28.9. The van der Waals surface area contributed by atoms with E-state index in [1.165, 1.54) is 57.8 Å². The number of aliphatic imine (C=N–C) groups is 1. The lowest BCUT2D eigenvalue weighted by Crippen LogP contribution is -2.30. The van der Waals surface area contributed by atoms with Crippen LogP contribution in [-0.4, -0.2) is 43.6 Å². The fourth-order valence-corrected chi connectivity index (χ4v) is 6.09. The van der Waals surface area contributed by atoms with Crippen LogP contribution in [0.2, 0.25) is 0 Å². The Balaban J connectivity index is 1.04. The number of halogens is 3. The van der Waals surface area contributed by atoms with Gasteiger partial charge in [-0.05, 0) is 72.6 Å². The van der Waals surface area contributed by atoms with Crippen molar-refractivity contribution >= 4 is 45.5 Å². The molecule has 2 N–H and O–H groups in total. The summed E-state index contributed by atoms with van der Waals surface area (Å²) in [4.78, 5) is 11.8. The molecule has 0 aliphatic carbocycles. The van der Waals surface area contributed by atoms with Crippen molar-refractivity contribution in [3.8, 4) is 22.8 Å². The Hall–Kier alpha value is -4.20. The number of allylic oxidation sites excluding steroid dienone is 1. The van der Waals surface area contributed by atoms with Crippen molar-refractivity contribution in [3.05, 3.63) is 96.0 Å². The predicted molar refractivity (Wildman–Crippen MR) is 168 cm³/mol. The van der Waals surface area contributed by atoms with Gasteiger partial charge in [0.1, 0.15) is 17.1 Å². The van der Waals surface area contributed by atoms with Gasteiger partial charge in [-0.1, -0.05) is 49.1 Å². The first-order valence-corrected chi connectivity index (χ1v) is 14.8. The Kier molecular flexibility index (Phi) is 7.95.